The Bertz CT molecular complexity index is 763. The van der Waals surface area contributed by atoms with Crippen molar-refractivity contribution in [2.45, 2.75) is 73.8 Å². The minimum atomic E-state index is -0.669. The van der Waals surface area contributed by atoms with Gasteiger partial charge in [0.05, 0.1) is 16.9 Å². The van der Waals surface area contributed by atoms with Crippen molar-refractivity contribution in [1.29, 1.82) is 0 Å². The molecular formula is C19H31N3O3. The molecule has 0 radical (unpaired) electrons. The van der Waals surface area contributed by atoms with E-state index in [0.29, 0.717) is 17.0 Å². The highest BCUT2D eigenvalue weighted by atomic mass is 16.2. The van der Waals surface area contributed by atoms with Gasteiger partial charge in [-0.15, -0.1) is 0 Å². The zero-order valence-electron chi connectivity index (χ0n) is 16.5. The number of amides is 2. The number of carbonyl (C=O) groups is 2. The summed E-state index contributed by atoms with van der Waals surface area (Å²) in [6.07, 6.45) is 4.48. The summed E-state index contributed by atoms with van der Waals surface area (Å²) < 4.78 is 1.32. The molecule has 1 aliphatic heterocycles. The highest BCUT2D eigenvalue weighted by Crippen LogP contribution is 2.15. The smallest absolute Gasteiger partial charge is 0.261 e. The fraction of sp³-hybridized carbons (Fsp3) is 0.579. The number of nitrogens with zero attached hydrogens (tertiary/aromatic N) is 2. The largest absolute Gasteiger partial charge is 0.295 e. The van der Waals surface area contributed by atoms with Gasteiger partial charge in [-0.2, -0.15) is 0 Å². The number of rotatable bonds is 2. The second-order valence-electron chi connectivity index (χ2n) is 5.11. The quantitative estimate of drug-likeness (QED) is 0.823. The van der Waals surface area contributed by atoms with E-state index in [1.807, 2.05) is 41.5 Å². The number of carbonyl (C=O) groups excluding carboxylic acids is 2. The number of piperidine rings is 1. The normalized spacial score (nSPS) is 18.4. The van der Waals surface area contributed by atoms with Crippen LogP contribution in [0.5, 0.6) is 0 Å². The summed E-state index contributed by atoms with van der Waals surface area (Å²) in [5.41, 5.74) is 0.778. The third kappa shape index (κ3) is 5.37. The van der Waals surface area contributed by atoms with Gasteiger partial charge in [0.1, 0.15) is 6.04 Å². The first-order valence-corrected chi connectivity index (χ1v) is 9.06. The summed E-state index contributed by atoms with van der Waals surface area (Å²) in [6, 6.07) is -0.669. The van der Waals surface area contributed by atoms with Crippen molar-refractivity contribution in [3.05, 3.63) is 27.2 Å². The SMILES string of the molecule is C/C=c1/c(=O)n(C2CCC(=O)NC2=O)cn/c1=C(\C)CC.CC.CC. The van der Waals surface area contributed by atoms with Gasteiger partial charge in [-0.1, -0.05) is 40.7 Å². The Kier molecular flexibility index (Phi) is 10.3. The van der Waals surface area contributed by atoms with Crippen molar-refractivity contribution in [3.8, 4) is 0 Å². The van der Waals surface area contributed by atoms with Crippen LogP contribution < -0.4 is 21.4 Å². The van der Waals surface area contributed by atoms with Crippen molar-refractivity contribution in [3.63, 3.8) is 0 Å². The monoisotopic (exact) mass is 349 g/mol. The van der Waals surface area contributed by atoms with Crippen LogP contribution in [0.2, 0.25) is 0 Å². The lowest BCUT2D eigenvalue weighted by Crippen LogP contribution is -2.52. The summed E-state index contributed by atoms with van der Waals surface area (Å²) in [6.45, 7) is 13.7. The Balaban J connectivity index is 0.00000134. The molecule has 2 heterocycles. The Labute approximate surface area is 149 Å². The summed E-state index contributed by atoms with van der Waals surface area (Å²) in [5, 5.41) is 3.44. The van der Waals surface area contributed by atoms with Crippen molar-refractivity contribution in [2.75, 3.05) is 0 Å². The van der Waals surface area contributed by atoms with Crippen LogP contribution in [-0.4, -0.2) is 21.4 Å². The van der Waals surface area contributed by atoms with E-state index in [1.54, 1.807) is 13.0 Å². The van der Waals surface area contributed by atoms with Crippen molar-refractivity contribution in [2.24, 2.45) is 0 Å². The third-order valence-corrected chi connectivity index (χ3v) is 3.80. The molecular weight excluding hydrogens is 318 g/mol. The van der Waals surface area contributed by atoms with Gasteiger partial charge < -0.3 is 0 Å². The van der Waals surface area contributed by atoms with Gasteiger partial charge >= 0.3 is 0 Å². The van der Waals surface area contributed by atoms with Crippen LogP contribution in [0.1, 0.15) is 73.8 Å². The molecule has 1 aromatic heterocycles. The van der Waals surface area contributed by atoms with Crippen LogP contribution in [-0.2, 0) is 9.59 Å². The summed E-state index contributed by atoms with van der Waals surface area (Å²) in [5.74, 6) is -0.743. The highest BCUT2D eigenvalue weighted by molar-refractivity contribution is 5.99. The number of hydrogen-bond donors (Lipinski definition) is 1. The molecule has 25 heavy (non-hydrogen) atoms. The highest BCUT2D eigenvalue weighted by Gasteiger charge is 2.28. The maximum Gasteiger partial charge on any atom is 0.261 e. The predicted molar refractivity (Wildman–Crippen MR) is 101 cm³/mol. The van der Waals surface area contributed by atoms with E-state index in [9.17, 15) is 14.4 Å². The molecule has 0 bridgehead atoms. The average Bonchev–Trinajstić information content (AvgIpc) is 2.64. The van der Waals surface area contributed by atoms with Crippen LogP contribution in [0, 0.1) is 0 Å². The van der Waals surface area contributed by atoms with Gasteiger partial charge in [0.15, 0.2) is 0 Å². The molecule has 1 aliphatic rings. The second kappa shape index (κ2) is 11.3. The summed E-state index contributed by atoms with van der Waals surface area (Å²) in [7, 11) is 0. The van der Waals surface area contributed by atoms with E-state index in [4.69, 9.17) is 0 Å². The van der Waals surface area contributed by atoms with Gasteiger partial charge in [-0.05, 0) is 32.3 Å². The molecule has 2 rings (SSSR count). The molecule has 2 amide bonds. The molecule has 0 aromatic carbocycles. The maximum atomic E-state index is 12.6. The molecule has 6 nitrogen and oxygen atoms in total. The topological polar surface area (TPSA) is 81.1 Å². The van der Waals surface area contributed by atoms with Crippen LogP contribution in [0.25, 0.3) is 11.6 Å². The van der Waals surface area contributed by atoms with Crippen LogP contribution in [0.15, 0.2) is 11.1 Å². The van der Waals surface area contributed by atoms with Crippen LogP contribution >= 0.6 is 0 Å². The molecule has 140 valence electrons. The van der Waals surface area contributed by atoms with Crippen LogP contribution in [0.4, 0.5) is 0 Å². The Morgan fingerprint density at radius 3 is 2.36 bits per heavy atom. The van der Waals surface area contributed by atoms with Crippen molar-refractivity contribution >= 4 is 23.5 Å². The standard InChI is InChI=1S/C15H19N3O3.2C2H6/c1-4-9(3)13-10(5-2)15(21)18(8-16-13)11-6-7-12(19)17-14(11)20;2*1-2/h5,8,11H,4,6-7H2,1-3H3,(H,17,19,20);2*1-2H3/b10-5+,13-9+;;. The molecule has 0 spiro atoms. The van der Waals surface area contributed by atoms with Gasteiger partial charge in [0.2, 0.25) is 11.8 Å². The van der Waals surface area contributed by atoms with Crippen LogP contribution in [0.3, 0.4) is 0 Å². The first-order valence-electron chi connectivity index (χ1n) is 9.06. The predicted octanol–water partition coefficient (Wildman–Crippen LogP) is 1.65. The van der Waals surface area contributed by atoms with Crippen molar-refractivity contribution < 1.29 is 9.59 Å². The van der Waals surface area contributed by atoms with E-state index in [0.717, 1.165) is 12.0 Å². The molecule has 0 aliphatic carbocycles. The zero-order chi connectivity index (χ0) is 19.6. The van der Waals surface area contributed by atoms with Gasteiger partial charge in [0.25, 0.3) is 5.56 Å². The maximum absolute atomic E-state index is 12.6. The van der Waals surface area contributed by atoms with E-state index >= 15 is 0 Å². The third-order valence-electron chi connectivity index (χ3n) is 3.80. The average molecular weight is 349 g/mol. The molecule has 1 unspecified atom stereocenters. The minimum absolute atomic E-state index is 0.232. The van der Waals surface area contributed by atoms with Gasteiger partial charge in [0, 0.05) is 6.42 Å². The molecule has 1 aromatic rings. The zero-order valence-corrected chi connectivity index (χ0v) is 16.5. The van der Waals surface area contributed by atoms with E-state index < -0.39 is 11.9 Å². The lowest BCUT2D eigenvalue weighted by Gasteiger charge is -2.22. The van der Waals surface area contributed by atoms with Gasteiger partial charge in [-0.3, -0.25) is 24.3 Å². The Morgan fingerprint density at radius 1 is 1.28 bits per heavy atom. The van der Waals surface area contributed by atoms with E-state index in [-0.39, 0.29) is 17.9 Å². The Morgan fingerprint density at radius 2 is 1.88 bits per heavy atom. The lowest BCUT2D eigenvalue weighted by atomic mass is 10.1. The van der Waals surface area contributed by atoms with E-state index in [1.165, 1.54) is 10.9 Å². The molecule has 1 fully saturated rings. The molecule has 1 atom stereocenters. The Hall–Kier alpha value is -2.24. The first-order chi connectivity index (χ1) is 12.0. The fourth-order valence-corrected chi connectivity index (χ4v) is 2.42. The van der Waals surface area contributed by atoms with E-state index in [2.05, 4.69) is 10.3 Å². The van der Waals surface area contributed by atoms with Crippen molar-refractivity contribution in [1.82, 2.24) is 14.9 Å². The molecule has 1 saturated heterocycles. The molecule has 0 saturated carbocycles. The number of imide groups is 1. The number of hydrogen-bond acceptors (Lipinski definition) is 4. The molecule has 6 heteroatoms. The fourth-order valence-electron chi connectivity index (χ4n) is 2.42. The second-order valence-corrected chi connectivity index (χ2v) is 5.11. The van der Waals surface area contributed by atoms with Gasteiger partial charge in [-0.25, -0.2) is 4.98 Å². The minimum Gasteiger partial charge on any atom is -0.295 e. The summed E-state index contributed by atoms with van der Waals surface area (Å²) in [4.78, 5) is 40.0. The summed E-state index contributed by atoms with van der Waals surface area (Å²) >= 11 is 0. The number of aromatic nitrogens is 2. The number of nitrogens with one attached hydrogen (secondary N) is 1. The molecule has 1 N–H and O–H groups in total. The first kappa shape index (κ1) is 22.8. The lowest BCUT2D eigenvalue weighted by molar-refractivity contribution is -0.135.